The van der Waals surface area contributed by atoms with Crippen LogP contribution in [0.15, 0.2) is 85.5 Å². The molecule has 0 aliphatic carbocycles. The Morgan fingerprint density at radius 3 is 2.43 bits per heavy atom. The number of hydrogen-bond acceptors (Lipinski definition) is 3. The summed E-state index contributed by atoms with van der Waals surface area (Å²) < 4.78 is 7.52. The first-order valence-electron chi connectivity index (χ1n) is 8.83. The lowest BCUT2D eigenvalue weighted by Crippen LogP contribution is -2.13. The van der Waals surface area contributed by atoms with Gasteiger partial charge in [0.05, 0.1) is 19.0 Å². The number of nitrogens with zero attached hydrogens (tertiary/aromatic N) is 2. The Kier molecular flexibility index (Phi) is 4.64. The van der Waals surface area contributed by atoms with Gasteiger partial charge in [-0.25, -0.2) is 4.98 Å². The molecule has 2 N–H and O–H groups in total. The molecule has 0 fully saturated rings. The van der Waals surface area contributed by atoms with Crippen molar-refractivity contribution in [3.8, 4) is 33.7 Å². The summed E-state index contributed by atoms with van der Waals surface area (Å²) in [4.78, 5) is 16.2. The van der Waals surface area contributed by atoms with E-state index in [0.29, 0.717) is 11.3 Å². The summed E-state index contributed by atoms with van der Waals surface area (Å²) >= 11 is 0. The average Bonchev–Trinajstić information content (AvgIpc) is 3.28. The molecule has 0 radical (unpaired) electrons. The van der Waals surface area contributed by atoms with Gasteiger partial charge in [-0.3, -0.25) is 4.79 Å². The highest BCUT2D eigenvalue weighted by Crippen LogP contribution is 2.38. The number of carbonyl (C=O) groups excluding carboxylic acids is 1. The lowest BCUT2D eigenvalue weighted by Gasteiger charge is -2.16. The molecule has 4 rings (SSSR count). The van der Waals surface area contributed by atoms with Crippen LogP contribution in [0.1, 0.15) is 10.4 Å². The summed E-state index contributed by atoms with van der Waals surface area (Å²) in [5.41, 5.74) is 10.6. The molecule has 0 aliphatic rings. The quantitative estimate of drug-likeness (QED) is 0.570. The molecule has 0 saturated carbocycles. The van der Waals surface area contributed by atoms with Crippen LogP contribution in [0.3, 0.4) is 0 Å². The average molecular weight is 369 g/mol. The number of primary amides is 1. The Bertz CT molecular complexity index is 1120. The van der Waals surface area contributed by atoms with Crippen LogP contribution in [0.5, 0.6) is 5.75 Å². The number of methoxy groups -OCH3 is 1. The number of rotatable bonds is 5. The maximum Gasteiger partial charge on any atom is 0.252 e. The van der Waals surface area contributed by atoms with Crippen LogP contribution in [-0.4, -0.2) is 22.6 Å². The van der Waals surface area contributed by atoms with Crippen molar-refractivity contribution in [2.24, 2.45) is 5.73 Å². The normalized spacial score (nSPS) is 10.6. The van der Waals surface area contributed by atoms with Crippen molar-refractivity contribution in [1.29, 1.82) is 0 Å². The number of hydrogen-bond donors (Lipinski definition) is 1. The first-order valence-corrected chi connectivity index (χ1v) is 8.83. The molecule has 1 aromatic heterocycles. The van der Waals surface area contributed by atoms with Crippen LogP contribution in [0, 0.1) is 0 Å². The fourth-order valence-electron chi connectivity index (χ4n) is 3.29. The van der Waals surface area contributed by atoms with Crippen molar-refractivity contribution in [2.75, 3.05) is 7.11 Å². The minimum atomic E-state index is -0.526. The van der Waals surface area contributed by atoms with Crippen molar-refractivity contribution in [3.63, 3.8) is 0 Å². The summed E-state index contributed by atoms with van der Waals surface area (Å²) in [6.45, 7) is 0. The number of nitrogens with two attached hydrogens (primary N) is 1. The number of amides is 1. The number of imidazole rings is 1. The zero-order chi connectivity index (χ0) is 19.5. The summed E-state index contributed by atoms with van der Waals surface area (Å²) in [5, 5.41) is 0. The molecule has 4 aromatic rings. The highest BCUT2D eigenvalue weighted by Gasteiger charge is 2.18. The number of benzene rings is 3. The Hall–Kier alpha value is -3.86. The van der Waals surface area contributed by atoms with Gasteiger partial charge in [0.15, 0.2) is 0 Å². The SMILES string of the molecule is COc1c(C(N)=O)cc(-c2ccccc2)cc1-c1cccc(-n2ccnc2)c1. The number of aromatic nitrogens is 2. The Labute approximate surface area is 163 Å². The van der Waals surface area contributed by atoms with Crippen LogP contribution in [0.4, 0.5) is 0 Å². The second-order valence-corrected chi connectivity index (χ2v) is 6.36. The Morgan fingerprint density at radius 1 is 0.964 bits per heavy atom. The molecular weight excluding hydrogens is 350 g/mol. The third-order valence-electron chi connectivity index (χ3n) is 4.63. The zero-order valence-electron chi connectivity index (χ0n) is 15.4. The van der Waals surface area contributed by atoms with E-state index in [-0.39, 0.29) is 0 Å². The van der Waals surface area contributed by atoms with Crippen molar-refractivity contribution < 1.29 is 9.53 Å². The van der Waals surface area contributed by atoms with E-state index in [1.54, 1.807) is 25.7 Å². The topological polar surface area (TPSA) is 70.1 Å². The van der Waals surface area contributed by atoms with E-state index < -0.39 is 5.91 Å². The highest BCUT2D eigenvalue weighted by atomic mass is 16.5. The largest absolute Gasteiger partial charge is 0.495 e. The molecule has 0 aliphatic heterocycles. The van der Waals surface area contributed by atoms with E-state index in [0.717, 1.165) is 27.9 Å². The lowest BCUT2D eigenvalue weighted by molar-refractivity contribution is 0.0997. The smallest absolute Gasteiger partial charge is 0.252 e. The van der Waals surface area contributed by atoms with Crippen molar-refractivity contribution in [2.45, 2.75) is 0 Å². The van der Waals surface area contributed by atoms with Gasteiger partial charge >= 0.3 is 0 Å². The first-order chi connectivity index (χ1) is 13.7. The van der Waals surface area contributed by atoms with E-state index in [9.17, 15) is 4.79 Å². The van der Waals surface area contributed by atoms with E-state index in [1.807, 2.05) is 71.4 Å². The molecule has 1 amide bonds. The molecule has 5 nitrogen and oxygen atoms in total. The van der Waals surface area contributed by atoms with Gasteiger partial charge in [0.1, 0.15) is 5.75 Å². The lowest BCUT2D eigenvalue weighted by atomic mass is 9.94. The molecule has 0 bridgehead atoms. The summed E-state index contributed by atoms with van der Waals surface area (Å²) in [7, 11) is 1.55. The van der Waals surface area contributed by atoms with Crippen LogP contribution in [-0.2, 0) is 0 Å². The van der Waals surface area contributed by atoms with Gasteiger partial charge < -0.3 is 15.0 Å². The molecule has 5 heteroatoms. The zero-order valence-corrected chi connectivity index (χ0v) is 15.4. The summed E-state index contributed by atoms with van der Waals surface area (Å²) in [6, 6.07) is 21.6. The molecule has 138 valence electrons. The van der Waals surface area contributed by atoms with Gasteiger partial charge in [-0.2, -0.15) is 0 Å². The van der Waals surface area contributed by atoms with E-state index >= 15 is 0 Å². The predicted octanol–water partition coefficient (Wildman–Crippen LogP) is 4.31. The van der Waals surface area contributed by atoms with E-state index in [2.05, 4.69) is 4.98 Å². The van der Waals surface area contributed by atoms with Gasteiger partial charge in [0.2, 0.25) is 0 Å². The van der Waals surface area contributed by atoms with Gasteiger partial charge in [-0.05, 0) is 41.0 Å². The summed E-state index contributed by atoms with van der Waals surface area (Å²) in [5.74, 6) is -0.0587. The molecular formula is C23H19N3O2. The molecule has 0 saturated heterocycles. The number of carbonyl (C=O) groups is 1. The molecule has 0 spiro atoms. The second kappa shape index (κ2) is 7.40. The van der Waals surface area contributed by atoms with E-state index in [4.69, 9.17) is 10.5 Å². The van der Waals surface area contributed by atoms with E-state index in [1.165, 1.54) is 0 Å². The predicted molar refractivity (Wildman–Crippen MR) is 110 cm³/mol. The Morgan fingerprint density at radius 2 is 1.75 bits per heavy atom. The van der Waals surface area contributed by atoms with Gasteiger partial charge in [-0.15, -0.1) is 0 Å². The maximum absolute atomic E-state index is 12.1. The number of ether oxygens (including phenoxy) is 1. The van der Waals surface area contributed by atoms with Gasteiger partial charge in [0.25, 0.3) is 5.91 Å². The molecule has 1 heterocycles. The van der Waals surface area contributed by atoms with Crippen LogP contribution in [0.2, 0.25) is 0 Å². The van der Waals surface area contributed by atoms with Crippen molar-refractivity contribution >= 4 is 5.91 Å². The molecule has 28 heavy (non-hydrogen) atoms. The standard InChI is InChI=1S/C23H19N3O2/c1-28-22-20(17-8-5-9-19(12-17)26-11-10-25-15-26)13-18(14-21(22)23(24)27)16-6-3-2-4-7-16/h2-15H,1H3,(H2,24,27). The minimum absolute atomic E-state index is 0.354. The highest BCUT2D eigenvalue weighted by molar-refractivity contribution is 6.00. The molecule has 3 aromatic carbocycles. The fourth-order valence-corrected chi connectivity index (χ4v) is 3.29. The molecule has 0 unspecified atom stereocenters. The Balaban J connectivity index is 1.94. The van der Waals surface area contributed by atoms with Crippen LogP contribution in [0.25, 0.3) is 27.9 Å². The van der Waals surface area contributed by atoms with Crippen molar-refractivity contribution in [1.82, 2.24) is 9.55 Å². The maximum atomic E-state index is 12.1. The fraction of sp³-hybridized carbons (Fsp3) is 0.0435. The third-order valence-corrected chi connectivity index (χ3v) is 4.63. The van der Waals surface area contributed by atoms with Gasteiger partial charge in [0, 0.05) is 23.6 Å². The first kappa shape index (κ1) is 17.5. The monoisotopic (exact) mass is 369 g/mol. The molecule has 0 atom stereocenters. The van der Waals surface area contributed by atoms with Crippen LogP contribution >= 0.6 is 0 Å². The summed E-state index contributed by atoms with van der Waals surface area (Å²) in [6.07, 6.45) is 5.35. The third kappa shape index (κ3) is 3.25. The second-order valence-electron chi connectivity index (χ2n) is 6.36. The minimum Gasteiger partial charge on any atom is -0.495 e. The van der Waals surface area contributed by atoms with Crippen molar-refractivity contribution in [3.05, 3.63) is 91.0 Å². The van der Waals surface area contributed by atoms with Crippen LogP contribution < -0.4 is 10.5 Å². The van der Waals surface area contributed by atoms with Gasteiger partial charge in [-0.1, -0.05) is 42.5 Å².